The van der Waals surface area contributed by atoms with E-state index in [4.69, 9.17) is 0 Å². The fourth-order valence-corrected chi connectivity index (χ4v) is 1.47. The lowest BCUT2D eigenvalue weighted by molar-refractivity contribution is -0.380. The number of amides is 1. The molecule has 0 fully saturated rings. The van der Waals surface area contributed by atoms with Crippen LogP contribution in [-0.4, -0.2) is 17.6 Å². The summed E-state index contributed by atoms with van der Waals surface area (Å²) in [7, 11) is 0. The van der Waals surface area contributed by atoms with Crippen molar-refractivity contribution in [3.05, 3.63) is 22.2 Å². The topological polar surface area (TPSA) is 81.5 Å². The van der Waals surface area contributed by atoms with Crippen molar-refractivity contribution >= 4 is 27.4 Å². The van der Waals surface area contributed by atoms with Crippen molar-refractivity contribution in [2.45, 2.75) is 6.92 Å². The number of carbonyl (C=O) groups excluding carboxylic acids is 1. The van der Waals surface area contributed by atoms with E-state index < -0.39 is 11.0 Å². The van der Waals surface area contributed by atoms with Gasteiger partial charge in [-0.05, 0) is 24.3 Å². The van der Waals surface area contributed by atoms with Crippen LogP contribution in [0.25, 0.3) is 0 Å². The minimum absolute atomic E-state index is 0.0169. The molecule has 0 saturated carbocycles. The molecule has 0 aliphatic rings. The van der Waals surface area contributed by atoms with Crippen LogP contribution in [0.1, 0.15) is 6.92 Å². The summed E-state index contributed by atoms with van der Waals surface area (Å²) in [5.74, 6) is 0. The second-order valence-electron chi connectivity index (χ2n) is 2.24. The summed E-state index contributed by atoms with van der Waals surface area (Å²) in [6.45, 7) is 1.94. The van der Waals surface area contributed by atoms with E-state index in [-0.39, 0.29) is 11.6 Å². The molecule has 0 saturated heterocycles. The predicted octanol–water partition coefficient (Wildman–Crippen LogP) is 2.22. The number of thiophene rings is 1. The highest BCUT2D eigenvalue weighted by molar-refractivity contribution is 7.19. The van der Waals surface area contributed by atoms with E-state index in [2.05, 4.69) is 10.1 Å². The van der Waals surface area contributed by atoms with E-state index >= 15 is 0 Å². The molecule has 1 amide bonds. The number of rotatable bonds is 3. The number of nitro groups is 1. The lowest BCUT2D eigenvalue weighted by Crippen LogP contribution is -2.12. The van der Waals surface area contributed by atoms with Gasteiger partial charge < -0.3 is 4.74 Å². The van der Waals surface area contributed by atoms with Gasteiger partial charge in [0.15, 0.2) is 0 Å². The molecule has 0 unspecified atom stereocenters. The van der Waals surface area contributed by atoms with Crippen LogP contribution in [0.15, 0.2) is 12.1 Å². The van der Waals surface area contributed by atoms with Crippen LogP contribution in [0.3, 0.4) is 0 Å². The fourth-order valence-electron chi connectivity index (χ4n) is 0.761. The Hall–Kier alpha value is -1.63. The van der Waals surface area contributed by atoms with Gasteiger partial charge in [-0.2, -0.15) is 0 Å². The third-order valence-corrected chi connectivity index (χ3v) is 2.22. The Morgan fingerprint density at radius 1 is 1.71 bits per heavy atom. The molecular formula is C7H8N2O4S. The van der Waals surface area contributed by atoms with Gasteiger partial charge in [0.2, 0.25) is 0 Å². The molecule has 14 heavy (non-hydrogen) atoms. The summed E-state index contributed by atoms with van der Waals surface area (Å²) in [5.41, 5.74) is 0. The Morgan fingerprint density at radius 2 is 2.43 bits per heavy atom. The van der Waals surface area contributed by atoms with Crippen LogP contribution in [0, 0.1) is 10.1 Å². The highest BCUT2D eigenvalue weighted by atomic mass is 32.1. The average molecular weight is 216 g/mol. The lowest BCUT2D eigenvalue weighted by atomic mass is 10.6. The van der Waals surface area contributed by atoms with Crippen molar-refractivity contribution < 1.29 is 14.5 Å². The van der Waals surface area contributed by atoms with Gasteiger partial charge in [0.25, 0.3) is 0 Å². The van der Waals surface area contributed by atoms with Gasteiger partial charge in [0, 0.05) is 6.07 Å². The zero-order valence-corrected chi connectivity index (χ0v) is 8.17. The number of carbonyl (C=O) groups is 1. The molecule has 0 spiro atoms. The Balaban J connectivity index is 2.59. The smallest absolute Gasteiger partial charge is 0.412 e. The summed E-state index contributed by atoms with van der Waals surface area (Å²) in [6, 6.07) is 2.78. The quantitative estimate of drug-likeness (QED) is 0.620. The predicted molar refractivity (Wildman–Crippen MR) is 51.6 cm³/mol. The molecule has 1 heterocycles. The minimum Gasteiger partial charge on any atom is -0.450 e. The summed E-state index contributed by atoms with van der Waals surface area (Å²) in [5, 5.41) is 13.1. The first kappa shape index (κ1) is 10.5. The zero-order valence-electron chi connectivity index (χ0n) is 7.35. The van der Waals surface area contributed by atoms with Gasteiger partial charge in [-0.1, -0.05) is 0 Å². The Bertz CT molecular complexity index is 349. The van der Waals surface area contributed by atoms with Crippen molar-refractivity contribution in [3.8, 4) is 0 Å². The monoisotopic (exact) mass is 216 g/mol. The number of anilines is 1. The lowest BCUT2D eigenvalue weighted by Gasteiger charge is -2.00. The van der Waals surface area contributed by atoms with Crippen LogP contribution < -0.4 is 5.32 Å². The molecule has 76 valence electrons. The maximum Gasteiger partial charge on any atom is 0.412 e. The number of hydrogen-bond acceptors (Lipinski definition) is 5. The first-order valence-electron chi connectivity index (χ1n) is 3.81. The molecule has 1 rings (SSSR count). The molecule has 0 bridgehead atoms. The summed E-state index contributed by atoms with van der Waals surface area (Å²) in [4.78, 5) is 20.7. The third kappa shape index (κ3) is 2.70. The van der Waals surface area contributed by atoms with Gasteiger partial charge >= 0.3 is 11.1 Å². The van der Waals surface area contributed by atoms with Crippen molar-refractivity contribution in [1.29, 1.82) is 0 Å². The second-order valence-corrected chi connectivity index (χ2v) is 3.30. The number of nitrogens with zero attached hydrogens (tertiary/aromatic N) is 1. The standard InChI is InChI=1S/C7H8N2O4S/c1-2-13-7(10)8-5-3-4-6(14-5)9(11)12/h3-4H,2H2,1H3,(H,8,10). The van der Waals surface area contributed by atoms with Crippen molar-refractivity contribution in [3.63, 3.8) is 0 Å². The molecule has 0 aromatic carbocycles. The SMILES string of the molecule is CCOC(=O)Nc1ccc([N+](=O)[O-])s1. The first-order valence-corrected chi connectivity index (χ1v) is 4.63. The van der Waals surface area contributed by atoms with Crippen LogP contribution in [0.5, 0.6) is 0 Å². The Morgan fingerprint density at radius 3 is 2.93 bits per heavy atom. The van der Waals surface area contributed by atoms with Crippen LogP contribution in [0.4, 0.5) is 14.8 Å². The van der Waals surface area contributed by atoms with Gasteiger partial charge in [-0.3, -0.25) is 15.4 Å². The van der Waals surface area contributed by atoms with Crippen molar-refractivity contribution in [2.75, 3.05) is 11.9 Å². The highest BCUT2D eigenvalue weighted by Crippen LogP contribution is 2.28. The summed E-state index contributed by atoms with van der Waals surface area (Å²) >= 11 is 0.884. The summed E-state index contributed by atoms with van der Waals surface area (Å²) in [6.07, 6.45) is -0.607. The van der Waals surface area contributed by atoms with Crippen LogP contribution in [-0.2, 0) is 4.74 Å². The van der Waals surface area contributed by atoms with Gasteiger partial charge in [-0.25, -0.2) is 4.79 Å². The molecule has 1 aromatic heterocycles. The Labute approximate surface area is 83.6 Å². The maximum absolute atomic E-state index is 10.9. The molecule has 0 atom stereocenters. The third-order valence-electron chi connectivity index (χ3n) is 1.27. The van der Waals surface area contributed by atoms with E-state index in [1.807, 2.05) is 0 Å². The molecule has 7 heteroatoms. The van der Waals surface area contributed by atoms with E-state index in [9.17, 15) is 14.9 Å². The highest BCUT2D eigenvalue weighted by Gasteiger charge is 2.11. The Kier molecular flexibility index (Phi) is 3.41. The van der Waals surface area contributed by atoms with Crippen molar-refractivity contribution in [2.24, 2.45) is 0 Å². The average Bonchev–Trinajstić information content (AvgIpc) is 2.53. The number of nitrogens with one attached hydrogen (secondary N) is 1. The van der Waals surface area contributed by atoms with Gasteiger partial charge in [-0.15, -0.1) is 0 Å². The van der Waals surface area contributed by atoms with Gasteiger partial charge in [0.1, 0.15) is 5.00 Å². The van der Waals surface area contributed by atoms with E-state index in [1.54, 1.807) is 6.92 Å². The van der Waals surface area contributed by atoms with E-state index in [0.29, 0.717) is 5.00 Å². The molecule has 6 nitrogen and oxygen atoms in total. The fraction of sp³-hybridized carbons (Fsp3) is 0.286. The zero-order chi connectivity index (χ0) is 10.6. The van der Waals surface area contributed by atoms with Crippen LogP contribution in [0.2, 0.25) is 0 Å². The van der Waals surface area contributed by atoms with Crippen LogP contribution >= 0.6 is 11.3 Å². The second kappa shape index (κ2) is 4.56. The van der Waals surface area contributed by atoms with E-state index in [1.165, 1.54) is 12.1 Å². The maximum atomic E-state index is 10.9. The molecule has 0 radical (unpaired) electrons. The molecule has 0 aliphatic heterocycles. The van der Waals surface area contributed by atoms with Crippen molar-refractivity contribution in [1.82, 2.24) is 0 Å². The molecule has 0 aliphatic carbocycles. The molecular weight excluding hydrogens is 208 g/mol. The minimum atomic E-state index is -0.607. The largest absolute Gasteiger partial charge is 0.450 e. The molecule has 1 aromatic rings. The van der Waals surface area contributed by atoms with E-state index in [0.717, 1.165) is 11.3 Å². The first-order chi connectivity index (χ1) is 6.63. The summed E-state index contributed by atoms with van der Waals surface area (Å²) < 4.78 is 4.60. The number of ether oxygens (including phenoxy) is 1. The number of hydrogen-bond donors (Lipinski definition) is 1. The molecule has 1 N–H and O–H groups in total. The normalized spacial score (nSPS) is 9.50. The van der Waals surface area contributed by atoms with Gasteiger partial charge in [0.05, 0.1) is 11.5 Å².